The Kier molecular flexibility index (Phi) is 3.97. The van der Waals surface area contributed by atoms with Crippen molar-refractivity contribution < 1.29 is 9.53 Å². The summed E-state index contributed by atoms with van der Waals surface area (Å²) in [4.78, 5) is 14.6. The molecule has 108 valence electrons. The van der Waals surface area contributed by atoms with Gasteiger partial charge in [-0.1, -0.05) is 34.1 Å². The normalized spacial score (nSPS) is 14.1. The number of halogens is 1. The summed E-state index contributed by atoms with van der Waals surface area (Å²) in [5.74, 6) is 0.915. The van der Waals surface area contributed by atoms with Gasteiger partial charge in [0.1, 0.15) is 12.4 Å². The minimum atomic E-state index is 0.0414. The van der Waals surface area contributed by atoms with E-state index in [9.17, 15) is 4.79 Å². The average Bonchev–Trinajstić information content (AvgIpc) is 2.67. The van der Waals surface area contributed by atoms with Crippen molar-refractivity contribution in [3.63, 3.8) is 0 Å². The monoisotopic (exact) mass is 345 g/mol. The summed E-state index contributed by atoms with van der Waals surface area (Å²) in [7, 11) is 0. The van der Waals surface area contributed by atoms with E-state index in [1.807, 2.05) is 54.3 Å². The summed E-state index contributed by atoms with van der Waals surface area (Å²) in [6.45, 7) is 3.69. The largest absolute Gasteiger partial charge is 0.491 e. The van der Waals surface area contributed by atoms with Crippen LogP contribution in [0.2, 0.25) is 0 Å². The zero-order chi connectivity index (χ0) is 14.8. The van der Waals surface area contributed by atoms with Crippen molar-refractivity contribution in [3.8, 4) is 5.75 Å². The maximum Gasteiger partial charge on any atom is 0.254 e. The molecule has 0 N–H and O–H groups in total. The molecule has 4 heteroatoms. The SMILES string of the molecule is Cc1cc(Br)cc(C(=O)N2CCOc3ccccc3C2)c1. The van der Waals surface area contributed by atoms with Crippen LogP contribution in [0.25, 0.3) is 0 Å². The highest BCUT2D eigenvalue weighted by molar-refractivity contribution is 9.10. The van der Waals surface area contributed by atoms with E-state index >= 15 is 0 Å². The summed E-state index contributed by atoms with van der Waals surface area (Å²) in [5, 5.41) is 0. The maximum absolute atomic E-state index is 12.7. The number of fused-ring (bicyclic) bond motifs is 1. The maximum atomic E-state index is 12.7. The minimum Gasteiger partial charge on any atom is -0.491 e. The molecule has 1 aliphatic rings. The first-order valence-electron chi connectivity index (χ1n) is 6.90. The molecule has 0 aliphatic carbocycles. The van der Waals surface area contributed by atoms with E-state index in [2.05, 4.69) is 15.9 Å². The second-order valence-corrected chi connectivity index (χ2v) is 6.12. The quantitative estimate of drug-likeness (QED) is 0.786. The van der Waals surface area contributed by atoms with Crippen molar-refractivity contribution >= 4 is 21.8 Å². The first-order valence-corrected chi connectivity index (χ1v) is 7.70. The number of hydrogen-bond donors (Lipinski definition) is 0. The number of hydrogen-bond acceptors (Lipinski definition) is 2. The third-order valence-electron chi connectivity index (χ3n) is 3.53. The number of amides is 1. The zero-order valence-corrected chi connectivity index (χ0v) is 13.4. The Morgan fingerprint density at radius 1 is 1.24 bits per heavy atom. The molecule has 0 fully saturated rings. The van der Waals surface area contributed by atoms with Crippen LogP contribution in [-0.2, 0) is 6.54 Å². The molecule has 1 aliphatic heterocycles. The molecule has 2 aromatic rings. The van der Waals surface area contributed by atoms with E-state index in [1.54, 1.807) is 0 Å². The van der Waals surface area contributed by atoms with Crippen LogP contribution < -0.4 is 4.74 Å². The molecule has 1 amide bonds. The predicted molar refractivity (Wildman–Crippen MR) is 85.6 cm³/mol. The molecule has 0 aromatic heterocycles. The van der Waals surface area contributed by atoms with Gasteiger partial charge in [0.25, 0.3) is 5.91 Å². The summed E-state index contributed by atoms with van der Waals surface area (Å²) in [5.41, 5.74) is 2.83. The van der Waals surface area contributed by atoms with Crippen molar-refractivity contribution in [3.05, 3.63) is 63.6 Å². The van der Waals surface area contributed by atoms with Gasteiger partial charge in [0, 0.05) is 22.1 Å². The first-order chi connectivity index (χ1) is 10.1. The molecule has 0 atom stereocenters. The fourth-order valence-electron chi connectivity index (χ4n) is 2.54. The summed E-state index contributed by atoms with van der Waals surface area (Å²) in [6.07, 6.45) is 0. The Morgan fingerprint density at radius 2 is 2.05 bits per heavy atom. The third-order valence-corrected chi connectivity index (χ3v) is 3.99. The highest BCUT2D eigenvalue weighted by Gasteiger charge is 2.21. The topological polar surface area (TPSA) is 29.5 Å². The number of benzene rings is 2. The molecule has 0 saturated carbocycles. The van der Waals surface area contributed by atoms with E-state index in [0.717, 1.165) is 21.3 Å². The molecular formula is C17H16BrNO2. The Labute approximate surface area is 132 Å². The number of rotatable bonds is 1. The first kappa shape index (κ1) is 14.1. The van der Waals surface area contributed by atoms with Gasteiger partial charge in [-0.05, 0) is 36.8 Å². The second-order valence-electron chi connectivity index (χ2n) is 5.20. The van der Waals surface area contributed by atoms with Gasteiger partial charge in [0.2, 0.25) is 0 Å². The Morgan fingerprint density at radius 3 is 2.86 bits per heavy atom. The minimum absolute atomic E-state index is 0.0414. The Bertz CT molecular complexity index is 664. The van der Waals surface area contributed by atoms with Crippen LogP contribution >= 0.6 is 15.9 Å². The van der Waals surface area contributed by atoms with Crippen molar-refractivity contribution in [2.45, 2.75) is 13.5 Å². The van der Waals surface area contributed by atoms with Crippen molar-refractivity contribution in [2.24, 2.45) is 0 Å². The lowest BCUT2D eigenvalue weighted by Gasteiger charge is -2.20. The van der Waals surface area contributed by atoms with Gasteiger partial charge in [-0.3, -0.25) is 4.79 Å². The highest BCUT2D eigenvalue weighted by Crippen LogP contribution is 2.24. The van der Waals surface area contributed by atoms with Gasteiger partial charge in [-0.25, -0.2) is 0 Å². The van der Waals surface area contributed by atoms with Gasteiger partial charge < -0.3 is 9.64 Å². The van der Waals surface area contributed by atoms with Crippen LogP contribution in [-0.4, -0.2) is 24.0 Å². The number of nitrogens with zero attached hydrogens (tertiary/aromatic N) is 1. The predicted octanol–water partition coefficient (Wildman–Crippen LogP) is 3.79. The fraction of sp³-hybridized carbons (Fsp3) is 0.235. The van der Waals surface area contributed by atoms with E-state index in [-0.39, 0.29) is 5.91 Å². The molecule has 1 heterocycles. The number of aryl methyl sites for hydroxylation is 1. The summed E-state index contributed by atoms with van der Waals surface area (Å²) >= 11 is 3.45. The van der Waals surface area contributed by atoms with Crippen LogP contribution in [0.4, 0.5) is 0 Å². The molecule has 0 bridgehead atoms. The van der Waals surface area contributed by atoms with Gasteiger partial charge in [0.05, 0.1) is 6.54 Å². The Balaban J connectivity index is 1.88. The van der Waals surface area contributed by atoms with E-state index in [4.69, 9.17) is 4.74 Å². The van der Waals surface area contributed by atoms with E-state index in [1.165, 1.54) is 0 Å². The average molecular weight is 346 g/mol. The summed E-state index contributed by atoms with van der Waals surface area (Å²) in [6, 6.07) is 13.7. The van der Waals surface area contributed by atoms with Gasteiger partial charge in [-0.15, -0.1) is 0 Å². The number of carbonyl (C=O) groups excluding carboxylic acids is 1. The van der Waals surface area contributed by atoms with Gasteiger partial charge in [-0.2, -0.15) is 0 Å². The van der Waals surface area contributed by atoms with Gasteiger partial charge in [0.15, 0.2) is 0 Å². The highest BCUT2D eigenvalue weighted by atomic mass is 79.9. The molecule has 3 rings (SSSR count). The number of carbonyl (C=O) groups is 1. The van der Waals surface area contributed by atoms with Crippen LogP contribution in [0.1, 0.15) is 21.5 Å². The van der Waals surface area contributed by atoms with Crippen molar-refractivity contribution in [1.82, 2.24) is 4.90 Å². The molecule has 0 unspecified atom stereocenters. The molecule has 0 spiro atoms. The van der Waals surface area contributed by atoms with Crippen molar-refractivity contribution in [2.75, 3.05) is 13.2 Å². The lowest BCUT2D eigenvalue weighted by Crippen LogP contribution is -2.32. The standard InChI is InChI=1S/C17H16BrNO2/c1-12-8-14(10-15(18)9-12)17(20)19-6-7-21-16-5-3-2-4-13(16)11-19/h2-5,8-10H,6-7,11H2,1H3. The lowest BCUT2D eigenvalue weighted by atomic mass is 10.1. The zero-order valence-electron chi connectivity index (χ0n) is 11.8. The molecular weight excluding hydrogens is 330 g/mol. The fourth-order valence-corrected chi connectivity index (χ4v) is 3.15. The second kappa shape index (κ2) is 5.90. The smallest absolute Gasteiger partial charge is 0.254 e. The number of para-hydroxylation sites is 1. The van der Waals surface area contributed by atoms with Crippen LogP contribution in [0.15, 0.2) is 46.9 Å². The molecule has 2 aromatic carbocycles. The number of ether oxygens (including phenoxy) is 1. The van der Waals surface area contributed by atoms with E-state index < -0.39 is 0 Å². The van der Waals surface area contributed by atoms with Crippen molar-refractivity contribution in [1.29, 1.82) is 0 Å². The van der Waals surface area contributed by atoms with E-state index in [0.29, 0.717) is 25.3 Å². The Hall–Kier alpha value is -1.81. The molecule has 0 radical (unpaired) electrons. The molecule has 0 saturated heterocycles. The molecule has 21 heavy (non-hydrogen) atoms. The van der Waals surface area contributed by atoms with Gasteiger partial charge >= 0.3 is 0 Å². The van der Waals surface area contributed by atoms with Crippen LogP contribution in [0.3, 0.4) is 0 Å². The third kappa shape index (κ3) is 3.10. The summed E-state index contributed by atoms with van der Waals surface area (Å²) < 4.78 is 6.64. The molecule has 3 nitrogen and oxygen atoms in total. The van der Waals surface area contributed by atoms with Crippen LogP contribution in [0, 0.1) is 6.92 Å². The lowest BCUT2D eigenvalue weighted by molar-refractivity contribution is 0.0733. The van der Waals surface area contributed by atoms with Crippen LogP contribution in [0.5, 0.6) is 5.75 Å².